The van der Waals surface area contributed by atoms with Gasteiger partial charge in [0.25, 0.3) is 0 Å². The molecule has 0 radical (unpaired) electrons. The Labute approximate surface area is 96.7 Å². The van der Waals surface area contributed by atoms with E-state index in [9.17, 15) is 9.70 Å². The molecule has 2 aromatic rings. The number of carbonyl (C=O) groups excluding carboxylic acids is 1. The number of amides is 2. The van der Waals surface area contributed by atoms with Crippen molar-refractivity contribution in [3.05, 3.63) is 41.3 Å². The van der Waals surface area contributed by atoms with Crippen LogP contribution in [0, 0.1) is 4.91 Å². The molecular formula is C11H10N4O2. The molecule has 0 atom stereocenters. The smallest absolute Gasteiger partial charge is 0.330 e. The average molecular weight is 230 g/mol. The number of hydrogen-bond donors (Lipinski definition) is 3. The number of nitrogens with one attached hydrogen (secondary N) is 2. The van der Waals surface area contributed by atoms with Crippen LogP contribution in [0.1, 0.15) is 0 Å². The predicted molar refractivity (Wildman–Crippen MR) is 65.7 cm³/mol. The van der Waals surface area contributed by atoms with E-state index >= 15 is 0 Å². The van der Waals surface area contributed by atoms with Crippen LogP contribution in [-0.2, 0) is 0 Å². The Bertz CT molecular complexity index is 583. The molecule has 0 fully saturated rings. The van der Waals surface area contributed by atoms with Crippen molar-refractivity contribution in [1.82, 2.24) is 5.43 Å². The fourth-order valence-electron chi connectivity index (χ4n) is 1.58. The number of nitrogens with zero attached hydrogens (tertiary/aromatic N) is 1. The number of urea groups is 1. The van der Waals surface area contributed by atoms with Crippen molar-refractivity contribution in [3.8, 4) is 0 Å². The molecule has 0 aliphatic rings. The van der Waals surface area contributed by atoms with Crippen LogP contribution in [0.3, 0.4) is 0 Å². The van der Waals surface area contributed by atoms with E-state index < -0.39 is 6.03 Å². The zero-order valence-electron chi connectivity index (χ0n) is 8.81. The Hall–Kier alpha value is -2.63. The van der Waals surface area contributed by atoms with E-state index in [0.717, 1.165) is 5.39 Å². The second-order valence-electron chi connectivity index (χ2n) is 3.39. The number of rotatable bonds is 3. The second-order valence-corrected chi connectivity index (χ2v) is 3.39. The van der Waals surface area contributed by atoms with E-state index in [2.05, 4.69) is 16.0 Å². The summed E-state index contributed by atoms with van der Waals surface area (Å²) in [7, 11) is 0. The van der Waals surface area contributed by atoms with Gasteiger partial charge in [0.15, 0.2) is 0 Å². The maximum atomic E-state index is 10.9. The van der Waals surface area contributed by atoms with Crippen molar-refractivity contribution in [3.63, 3.8) is 0 Å². The predicted octanol–water partition coefficient (Wildman–Crippen LogP) is 2.23. The molecule has 0 spiro atoms. The van der Waals surface area contributed by atoms with Crippen molar-refractivity contribution in [1.29, 1.82) is 0 Å². The summed E-state index contributed by atoms with van der Waals surface area (Å²) in [6.07, 6.45) is 0. The van der Waals surface area contributed by atoms with Crippen LogP contribution in [0.15, 0.2) is 41.6 Å². The molecule has 0 aliphatic heterocycles. The van der Waals surface area contributed by atoms with Crippen LogP contribution in [0.2, 0.25) is 0 Å². The minimum atomic E-state index is -0.741. The van der Waals surface area contributed by atoms with Crippen molar-refractivity contribution >= 4 is 28.2 Å². The highest BCUT2D eigenvalue weighted by Gasteiger charge is 2.07. The van der Waals surface area contributed by atoms with Crippen LogP contribution in [0.5, 0.6) is 0 Å². The average Bonchev–Trinajstić information content (AvgIpc) is 2.35. The highest BCUT2D eigenvalue weighted by Crippen LogP contribution is 2.33. The Balaban J connectivity index is 2.49. The summed E-state index contributed by atoms with van der Waals surface area (Å²) in [6.45, 7) is 0. The van der Waals surface area contributed by atoms with Crippen LogP contribution in [-0.4, -0.2) is 6.03 Å². The lowest BCUT2D eigenvalue weighted by molar-refractivity contribution is 0.250. The summed E-state index contributed by atoms with van der Waals surface area (Å²) in [4.78, 5) is 21.4. The van der Waals surface area contributed by atoms with Gasteiger partial charge in [0.05, 0.1) is 5.69 Å². The van der Waals surface area contributed by atoms with E-state index in [-0.39, 0.29) is 5.69 Å². The van der Waals surface area contributed by atoms with Crippen LogP contribution >= 0.6 is 0 Å². The van der Waals surface area contributed by atoms with Gasteiger partial charge >= 0.3 is 6.03 Å². The lowest BCUT2D eigenvalue weighted by Crippen LogP contribution is -2.34. The molecule has 0 saturated heterocycles. The SMILES string of the molecule is NC(=O)NNc1ccc2ccccc2c1N=O. The molecule has 0 bridgehead atoms. The summed E-state index contributed by atoms with van der Waals surface area (Å²) in [5.41, 5.74) is 10.3. The number of benzene rings is 2. The molecule has 2 aromatic carbocycles. The number of nitrogens with two attached hydrogens (primary N) is 1. The fraction of sp³-hybridized carbons (Fsp3) is 0. The quantitative estimate of drug-likeness (QED) is 0.557. The molecule has 2 amide bonds. The topological polar surface area (TPSA) is 96.6 Å². The van der Waals surface area contributed by atoms with E-state index in [1.165, 1.54) is 0 Å². The van der Waals surface area contributed by atoms with Gasteiger partial charge in [-0.05, 0) is 16.6 Å². The highest BCUT2D eigenvalue weighted by atomic mass is 16.3. The summed E-state index contributed by atoms with van der Waals surface area (Å²) in [5.74, 6) is 0. The summed E-state index contributed by atoms with van der Waals surface area (Å²) in [6, 6.07) is 10.0. The molecule has 17 heavy (non-hydrogen) atoms. The Morgan fingerprint density at radius 2 is 1.94 bits per heavy atom. The molecule has 0 saturated carbocycles. The molecule has 86 valence electrons. The first-order valence-electron chi connectivity index (χ1n) is 4.89. The van der Waals surface area contributed by atoms with Crippen molar-refractivity contribution in [2.45, 2.75) is 0 Å². The van der Waals surface area contributed by atoms with E-state index in [1.54, 1.807) is 12.1 Å². The number of carbonyl (C=O) groups is 1. The van der Waals surface area contributed by atoms with Gasteiger partial charge in [-0.15, -0.1) is 4.91 Å². The Kier molecular flexibility index (Phi) is 2.87. The third kappa shape index (κ3) is 2.15. The number of hydrogen-bond acceptors (Lipinski definition) is 4. The van der Waals surface area contributed by atoms with E-state index in [0.29, 0.717) is 11.1 Å². The minimum absolute atomic E-state index is 0.233. The molecule has 0 aliphatic carbocycles. The number of nitroso groups, excluding NO2 is 1. The van der Waals surface area contributed by atoms with Gasteiger partial charge in [-0.3, -0.25) is 10.9 Å². The lowest BCUT2D eigenvalue weighted by atomic mass is 10.1. The number of anilines is 1. The summed E-state index contributed by atoms with van der Waals surface area (Å²) in [5, 5.41) is 4.57. The monoisotopic (exact) mass is 230 g/mol. The first kappa shape index (κ1) is 10.9. The number of hydrazine groups is 1. The minimum Gasteiger partial charge on any atom is -0.350 e. The Morgan fingerprint density at radius 3 is 2.65 bits per heavy atom. The van der Waals surface area contributed by atoms with Gasteiger partial charge < -0.3 is 5.73 Å². The van der Waals surface area contributed by atoms with Gasteiger partial charge in [0, 0.05) is 5.39 Å². The molecule has 2 rings (SSSR count). The van der Waals surface area contributed by atoms with Crippen molar-refractivity contribution < 1.29 is 4.79 Å². The Morgan fingerprint density at radius 1 is 1.18 bits per heavy atom. The third-order valence-electron chi connectivity index (χ3n) is 2.31. The molecular weight excluding hydrogens is 220 g/mol. The zero-order chi connectivity index (χ0) is 12.3. The molecule has 0 aromatic heterocycles. The van der Waals surface area contributed by atoms with Gasteiger partial charge in [0.1, 0.15) is 5.69 Å². The lowest BCUT2D eigenvalue weighted by Gasteiger charge is -2.09. The van der Waals surface area contributed by atoms with Crippen molar-refractivity contribution in [2.24, 2.45) is 10.9 Å². The first-order valence-corrected chi connectivity index (χ1v) is 4.89. The maximum Gasteiger partial charge on any atom is 0.330 e. The van der Waals surface area contributed by atoms with Crippen LogP contribution in [0.25, 0.3) is 10.8 Å². The van der Waals surface area contributed by atoms with Crippen LogP contribution < -0.4 is 16.6 Å². The summed E-state index contributed by atoms with van der Waals surface area (Å²) >= 11 is 0. The van der Waals surface area contributed by atoms with Gasteiger partial charge in [-0.25, -0.2) is 4.79 Å². The maximum absolute atomic E-state index is 10.9. The normalized spacial score (nSPS) is 9.88. The molecule has 0 unspecified atom stereocenters. The molecule has 6 nitrogen and oxygen atoms in total. The summed E-state index contributed by atoms with van der Waals surface area (Å²) < 4.78 is 0. The molecule has 6 heteroatoms. The number of fused-ring (bicyclic) bond motifs is 1. The van der Waals surface area contributed by atoms with Gasteiger partial charge in [-0.1, -0.05) is 30.3 Å². The molecule has 4 N–H and O–H groups in total. The largest absolute Gasteiger partial charge is 0.350 e. The van der Waals surface area contributed by atoms with Gasteiger partial charge in [-0.2, -0.15) is 0 Å². The van der Waals surface area contributed by atoms with Gasteiger partial charge in [0.2, 0.25) is 0 Å². The van der Waals surface area contributed by atoms with Crippen molar-refractivity contribution in [2.75, 3.05) is 5.43 Å². The zero-order valence-corrected chi connectivity index (χ0v) is 8.81. The molecule has 0 heterocycles. The third-order valence-corrected chi connectivity index (χ3v) is 2.31. The first-order chi connectivity index (χ1) is 8.22. The fourth-order valence-corrected chi connectivity index (χ4v) is 1.58. The second kappa shape index (κ2) is 4.48. The van der Waals surface area contributed by atoms with Crippen LogP contribution in [0.4, 0.5) is 16.2 Å². The highest BCUT2D eigenvalue weighted by molar-refractivity contribution is 5.98. The number of primary amides is 1. The van der Waals surface area contributed by atoms with E-state index in [4.69, 9.17) is 5.73 Å². The van der Waals surface area contributed by atoms with E-state index in [1.807, 2.05) is 24.3 Å². The standard InChI is InChI=1S/C11H10N4O2/c12-11(16)14-13-9-6-5-7-3-1-2-4-8(7)10(9)15-17/h1-6,13H,(H3,12,14,16).